The first-order chi connectivity index (χ1) is 8.02. The molecule has 1 aliphatic rings. The van der Waals surface area contributed by atoms with Gasteiger partial charge in [-0.05, 0) is 4.53 Å². The highest BCUT2D eigenvalue weighted by atomic mass is 35.5. The van der Waals surface area contributed by atoms with E-state index in [1.165, 1.54) is 0 Å². The van der Waals surface area contributed by atoms with Gasteiger partial charge in [0.2, 0.25) is 0 Å². The summed E-state index contributed by atoms with van der Waals surface area (Å²) in [5, 5.41) is -2.62. The van der Waals surface area contributed by atoms with Crippen LogP contribution >= 0.6 is 77.4 Å². The lowest BCUT2D eigenvalue weighted by atomic mass is 9.97. The van der Waals surface area contributed by atoms with E-state index >= 15 is 0 Å². The second kappa shape index (κ2) is 8.28. The molecule has 0 atom stereocenters. The van der Waals surface area contributed by atoms with Crippen molar-refractivity contribution in [1.29, 1.82) is 0 Å². The minimum absolute atomic E-state index is 0.437. The third-order valence-corrected chi connectivity index (χ3v) is 6.13. The zero-order chi connectivity index (χ0) is 14.7. The molecule has 0 amide bonds. The van der Waals surface area contributed by atoms with Gasteiger partial charge in [-0.2, -0.15) is 0 Å². The van der Waals surface area contributed by atoms with Crippen molar-refractivity contribution in [3.05, 3.63) is 0 Å². The number of hydrogen-bond acceptors (Lipinski definition) is 2. The largest absolute Gasteiger partial charge is 0.500 e. The Morgan fingerprint density at radius 3 is 0.944 bits per heavy atom. The summed E-state index contributed by atoms with van der Waals surface area (Å²) in [6, 6.07) is 0. The summed E-state index contributed by atoms with van der Waals surface area (Å²) in [5.41, 5.74) is 0. The molecule has 0 aliphatic heterocycles. The summed E-state index contributed by atoms with van der Waals surface area (Å²) >= 11 is 35.3. The summed E-state index contributed by atoms with van der Waals surface area (Å²) in [6.07, 6.45) is 0. The van der Waals surface area contributed by atoms with E-state index in [1.807, 2.05) is 0 Å². The molecule has 2 N–H and O–H groups in total. The Kier molecular flexibility index (Phi) is 9.10. The van der Waals surface area contributed by atoms with Gasteiger partial charge in [-0.1, -0.05) is 4.73 Å². The third-order valence-electron chi connectivity index (χ3n) is 1.92. The Labute approximate surface area is 133 Å². The summed E-state index contributed by atoms with van der Waals surface area (Å²) in [4.78, 5) is 14.7. The molecule has 0 unspecified atom stereocenters. The smallest absolute Gasteiger partial charge is 0.301 e. The highest BCUT2D eigenvalue weighted by molar-refractivity contribution is 7.46. The van der Waals surface area contributed by atoms with E-state index in [4.69, 9.17) is 84.0 Å². The number of halogens is 7. The number of rotatable bonds is 1. The molecule has 0 radical (unpaired) electrons. The van der Waals surface area contributed by atoms with Crippen LogP contribution in [-0.4, -0.2) is 42.0 Å². The molecule has 1 aliphatic carbocycles. The quantitative estimate of drug-likeness (QED) is 0.515. The molecule has 18 heavy (non-hydrogen) atoms. The molecule has 0 saturated heterocycles. The lowest BCUT2D eigenvalue weighted by molar-refractivity contribution is -0.0389. The normalized spacial score (nSPS) is 40.9. The SMILES string of the molecule is ClC1C(Cl)C(Cl)C(Cl)C(Cl)C1Cl.O=P(O)(O)OF. The van der Waals surface area contributed by atoms with Gasteiger partial charge in [-0.3, -0.25) is 0 Å². The molecule has 0 heterocycles. The van der Waals surface area contributed by atoms with Crippen molar-refractivity contribution in [1.82, 2.24) is 0 Å². The second-order valence-electron chi connectivity index (χ2n) is 3.23. The predicted octanol–water partition coefficient (Wildman–Crippen LogP) is 3.62. The van der Waals surface area contributed by atoms with Crippen molar-refractivity contribution in [2.45, 2.75) is 32.3 Å². The highest BCUT2D eigenvalue weighted by Gasteiger charge is 2.46. The summed E-state index contributed by atoms with van der Waals surface area (Å²) in [5.74, 6) is 0. The average molecular weight is 407 g/mol. The van der Waals surface area contributed by atoms with Crippen molar-refractivity contribution in [3.8, 4) is 0 Å². The van der Waals surface area contributed by atoms with Gasteiger partial charge in [-0.25, -0.2) is 4.57 Å². The van der Waals surface area contributed by atoms with Gasteiger partial charge in [0.1, 0.15) is 0 Å². The molecular weight excluding hydrogens is 399 g/mol. The first-order valence-corrected chi connectivity index (χ1v) is 8.38. The fourth-order valence-electron chi connectivity index (χ4n) is 1.05. The third kappa shape index (κ3) is 6.04. The van der Waals surface area contributed by atoms with Crippen LogP contribution in [0.15, 0.2) is 0 Å². The minimum Gasteiger partial charge on any atom is -0.301 e. The van der Waals surface area contributed by atoms with Gasteiger partial charge in [0.05, 0.1) is 32.3 Å². The van der Waals surface area contributed by atoms with Crippen molar-refractivity contribution >= 4 is 77.4 Å². The molecule has 4 nitrogen and oxygen atoms in total. The lowest BCUT2D eigenvalue weighted by Crippen LogP contribution is -2.52. The van der Waals surface area contributed by atoms with E-state index in [0.717, 1.165) is 0 Å². The van der Waals surface area contributed by atoms with Crippen LogP contribution in [0.25, 0.3) is 0 Å². The second-order valence-corrected chi connectivity index (χ2v) is 7.37. The van der Waals surface area contributed by atoms with Gasteiger partial charge in [0, 0.05) is 0 Å². The minimum atomic E-state index is -4.81. The molecule has 1 rings (SSSR count). The fraction of sp³-hybridized carbons (Fsp3) is 1.00. The summed E-state index contributed by atoms with van der Waals surface area (Å²) in [7, 11) is -4.81. The molecule has 12 heteroatoms. The highest BCUT2D eigenvalue weighted by Crippen LogP contribution is 2.39. The number of phosphoric acid groups is 1. The van der Waals surface area contributed by atoms with Crippen LogP contribution in [0.3, 0.4) is 0 Å². The molecule has 0 spiro atoms. The first kappa shape index (κ1) is 19.8. The zero-order valence-corrected chi connectivity index (χ0v) is 13.7. The van der Waals surface area contributed by atoms with Crippen LogP contribution in [0.5, 0.6) is 0 Å². The van der Waals surface area contributed by atoms with Crippen LogP contribution in [0.1, 0.15) is 0 Å². The Hall–Kier alpha value is 1.78. The van der Waals surface area contributed by atoms with E-state index in [2.05, 4.69) is 4.73 Å². The van der Waals surface area contributed by atoms with Crippen LogP contribution in [0.2, 0.25) is 0 Å². The maximum atomic E-state index is 10.2. The van der Waals surface area contributed by atoms with Crippen LogP contribution < -0.4 is 0 Å². The van der Waals surface area contributed by atoms with Crippen molar-refractivity contribution in [2.75, 3.05) is 0 Å². The van der Waals surface area contributed by atoms with E-state index in [1.54, 1.807) is 0 Å². The number of alkyl halides is 6. The Bertz CT molecular complexity index is 247. The molecule has 0 bridgehead atoms. The molecule has 1 fully saturated rings. The van der Waals surface area contributed by atoms with Gasteiger partial charge in [0.15, 0.2) is 0 Å². The zero-order valence-electron chi connectivity index (χ0n) is 8.27. The van der Waals surface area contributed by atoms with Crippen LogP contribution in [-0.2, 0) is 9.29 Å². The Morgan fingerprint density at radius 2 is 0.889 bits per heavy atom. The summed E-state index contributed by atoms with van der Waals surface area (Å²) in [6.45, 7) is 0. The van der Waals surface area contributed by atoms with E-state index < -0.39 is 40.1 Å². The van der Waals surface area contributed by atoms with Crippen LogP contribution in [0, 0.1) is 0 Å². The molecule has 0 aromatic carbocycles. The Balaban J connectivity index is 0.000000411. The lowest BCUT2D eigenvalue weighted by Gasteiger charge is -2.37. The van der Waals surface area contributed by atoms with Gasteiger partial charge in [-0.15, -0.1) is 69.6 Å². The monoisotopic (exact) mass is 404 g/mol. The number of hydrogen-bond donors (Lipinski definition) is 2. The molecular formula is C6H8Cl6FO4P. The standard InChI is InChI=1S/C6H6Cl6.FH2O4P/c7-1-2(8)4(10)6(12)5(11)3(1)9;1-5-6(2,3)4/h1-6H;(H2,2,3,4). The molecule has 1 saturated carbocycles. The topological polar surface area (TPSA) is 66.8 Å². The van der Waals surface area contributed by atoms with E-state index in [9.17, 15) is 4.53 Å². The first-order valence-electron chi connectivity index (χ1n) is 4.23. The van der Waals surface area contributed by atoms with Gasteiger partial charge >= 0.3 is 7.82 Å². The molecule has 0 aromatic heterocycles. The van der Waals surface area contributed by atoms with Crippen molar-refractivity contribution in [2.24, 2.45) is 0 Å². The fourth-order valence-corrected chi connectivity index (χ4v) is 3.38. The Morgan fingerprint density at radius 1 is 0.778 bits per heavy atom. The average Bonchev–Trinajstić information content (AvgIpc) is 2.31. The molecule has 110 valence electrons. The van der Waals surface area contributed by atoms with E-state index in [-0.39, 0.29) is 0 Å². The summed E-state index contributed by atoms with van der Waals surface area (Å²) < 4.78 is 21.4. The van der Waals surface area contributed by atoms with Crippen molar-refractivity contribution < 1.29 is 23.6 Å². The maximum Gasteiger partial charge on any atom is 0.500 e. The maximum absolute atomic E-state index is 10.2. The van der Waals surface area contributed by atoms with Crippen molar-refractivity contribution in [3.63, 3.8) is 0 Å². The van der Waals surface area contributed by atoms with Gasteiger partial charge < -0.3 is 9.79 Å². The van der Waals surface area contributed by atoms with Gasteiger partial charge in [0.25, 0.3) is 0 Å². The predicted molar refractivity (Wildman–Crippen MR) is 72.1 cm³/mol. The molecule has 0 aromatic rings. The van der Waals surface area contributed by atoms with E-state index in [0.29, 0.717) is 0 Å². The van der Waals surface area contributed by atoms with Crippen LogP contribution in [0.4, 0.5) is 4.53 Å².